The highest BCUT2D eigenvalue weighted by atomic mass is 79.9. The molecule has 0 saturated heterocycles. The molecule has 170 valence electrons. The number of aromatic nitrogens is 3. The Bertz CT molecular complexity index is 1320. The minimum Gasteiger partial charge on any atom is -0.462 e. The van der Waals surface area contributed by atoms with Gasteiger partial charge in [-0.15, -0.1) is 11.3 Å². The Morgan fingerprint density at radius 1 is 1.18 bits per heavy atom. The van der Waals surface area contributed by atoms with Crippen molar-refractivity contribution in [2.24, 2.45) is 0 Å². The van der Waals surface area contributed by atoms with Crippen LogP contribution in [0.1, 0.15) is 39.5 Å². The van der Waals surface area contributed by atoms with Crippen molar-refractivity contribution in [3.8, 4) is 17.3 Å². The molecule has 2 aromatic carbocycles. The van der Waals surface area contributed by atoms with E-state index in [2.05, 4.69) is 37.0 Å². The number of rotatable bonds is 8. The molecule has 1 unspecified atom stereocenters. The first-order valence-corrected chi connectivity index (χ1v) is 13.1. The predicted molar refractivity (Wildman–Crippen MR) is 137 cm³/mol. The monoisotopic (exact) mass is 550 g/mol. The lowest BCUT2D eigenvalue weighted by Gasteiger charge is -2.12. The first-order chi connectivity index (χ1) is 16.6. The molecule has 2 aromatic heterocycles. The fourth-order valence-electron chi connectivity index (χ4n) is 3.16. The highest BCUT2D eigenvalue weighted by Gasteiger charge is 2.27. The number of hydrogen-bond acceptors (Lipinski definition) is 8. The molecule has 4 rings (SSSR count). The van der Waals surface area contributed by atoms with Gasteiger partial charge in [-0.25, -0.2) is 19.7 Å². The van der Waals surface area contributed by atoms with Crippen LogP contribution in [0.5, 0.6) is 0 Å². The molecule has 0 spiro atoms. The van der Waals surface area contributed by atoms with Crippen LogP contribution < -0.4 is 0 Å². The van der Waals surface area contributed by atoms with Crippen LogP contribution in [-0.2, 0) is 10.5 Å². The number of carbonyl (C=O) groups is 1. The van der Waals surface area contributed by atoms with Crippen LogP contribution in [-0.4, -0.2) is 27.5 Å². The number of halogens is 1. The van der Waals surface area contributed by atoms with Crippen molar-refractivity contribution in [1.29, 1.82) is 5.26 Å². The molecule has 1 atom stereocenters. The van der Waals surface area contributed by atoms with Crippen LogP contribution in [0.4, 0.5) is 0 Å². The minimum absolute atomic E-state index is 0.179. The molecule has 34 heavy (non-hydrogen) atoms. The van der Waals surface area contributed by atoms with Gasteiger partial charge in [-0.1, -0.05) is 70.2 Å². The molecule has 0 saturated carbocycles. The van der Waals surface area contributed by atoms with Crippen molar-refractivity contribution in [1.82, 2.24) is 15.0 Å². The van der Waals surface area contributed by atoms with Crippen molar-refractivity contribution >= 4 is 45.0 Å². The van der Waals surface area contributed by atoms with Crippen LogP contribution in [0.2, 0.25) is 0 Å². The fourth-order valence-corrected chi connectivity index (χ4v) is 5.08. The van der Waals surface area contributed by atoms with E-state index in [1.54, 1.807) is 6.92 Å². The van der Waals surface area contributed by atoms with E-state index in [1.807, 2.05) is 60.0 Å². The second-order valence-electron chi connectivity index (χ2n) is 7.09. The van der Waals surface area contributed by atoms with Gasteiger partial charge in [0, 0.05) is 27.4 Å². The summed E-state index contributed by atoms with van der Waals surface area (Å²) in [7, 11) is 0. The van der Waals surface area contributed by atoms with E-state index in [0.29, 0.717) is 21.6 Å². The molecule has 0 N–H and O–H groups in total. The molecule has 4 aromatic rings. The van der Waals surface area contributed by atoms with Crippen LogP contribution in [0.25, 0.3) is 11.3 Å². The first-order valence-electron chi connectivity index (χ1n) is 10.4. The van der Waals surface area contributed by atoms with Crippen LogP contribution in [0.3, 0.4) is 0 Å². The number of hydrogen-bond donors (Lipinski definition) is 0. The average molecular weight is 551 g/mol. The molecule has 6 nitrogen and oxygen atoms in total. The van der Waals surface area contributed by atoms with Crippen molar-refractivity contribution in [2.45, 2.75) is 23.8 Å². The van der Waals surface area contributed by atoms with Gasteiger partial charge in [0.15, 0.2) is 5.16 Å². The highest BCUT2D eigenvalue weighted by molar-refractivity contribution is 9.10. The molecule has 9 heteroatoms. The summed E-state index contributed by atoms with van der Waals surface area (Å²) in [6.07, 6.45) is 1.45. The molecular formula is C25H19BrN4O2S2. The largest absolute Gasteiger partial charge is 0.462 e. The molecule has 2 heterocycles. The molecule has 0 aliphatic rings. The van der Waals surface area contributed by atoms with Crippen molar-refractivity contribution in [3.05, 3.63) is 92.5 Å². The number of benzene rings is 2. The number of ether oxygens (including phenoxy) is 1. The van der Waals surface area contributed by atoms with E-state index in [9.17, 15) is 10.1 Å². The SMILES string of the molecule is CCOC(=O)c1cnc(SCc2ccccc2)nc1C(C#N)c1nc(-c2ccc(Br)cc2)cs1. The van der Waals surface area contributed by atoms with Gasteiger partial charge in [-0.2, -0.15) is 5.26 Å². The Morgan fingerprint density at radius 2 is 1.94 bits per heavy atom. The standard InChI is InChI=1S/C25H19BrN4O2S2/c1-2-32-24(31)20-13-28-25(34-14-16-6-4-3-5-7-16)30-22(20)19(12-27)23-29-21(15-33-23)17-8-10-18(26)11-9-17/h3-11,13,15,19H,2,14H2,1H3. The van der Waals surface area contributed by atoms with E-state index < -0.39 is 11.9 Å². The van der Waals surface area contributed by atoms with Gasteiger partial charge >= 0.3 is 5.97 Å². The third-order valence-electron chi connectivity index (χ3n) is 4.81. The summed E-state index contributed by atoms with van der Waals surface area (Å²) in [4.78, 5) is 26.3. The Balaban J connectivity index is 1.68. The first kappa shape index (κ1) is 24.1. The normalized spacial score (nSPS) is 11.6. The topological polar surface area (TPSA) is 88.8 Å². The molecular weight excluding hydrogens is 532 g/mol. The van der Waals surface area contributed by atoms with E-state index in [1.165, 1.54) is 29.3 Å². The lowest BCUT2D eigenvalue weighted by molar-refractivity contribution is 0.0523. The maximum atomic E-state index is 12.6. The van der Waals surface area contributed by atoms with Gasteiger partial charge in [0.1, 0.15) is 16.5 Å². The van der Waals surface area contributed by atoms with E-state index in [0.717, 1.165) is 21.3 Å². The summed E-state index contributed by atoms with van der Waals surface area (Å²) in [5.41, 5.74) is 3.32. The maximum absolute atomic E-state index is 12.6. The van der Waals surface area contributed by atoms with E-state index in [-0.39, 0.29) is 12.2 Å². The zero-order chi connectivity index (χ0) is 23.9. The van der Waals surface area contributed by atoms with E-state index >= 15 is 0 Å². The molecule has 0 amide bonds. The third kappa shape index (κ3) is 5.70. The second kappa shape index (κ2) is 11.4. The number of nitriles is 1. The number of esters is 1. The van der Waals surface area contributed by atoms with Gasteiger partial charge in [-0.3, -0.25) is 0 Å². The van der Waals surface area contributed by atoms with Crippen LogP contribution in [0, 0.1) is 11.3 Å². The Kier molecular flexibility index (Phi) is 8.06. The predicted octanol–water partition coefficient (Wildman–Crippen LogP) is 6.49. The van der Waals surface area contributed by atoms with Gasteiger partial charge in [0.25, 0.3) is 0 Å². The summed E-state index contributed by atoms with van der Waals surface area (Å²) >= 11 is 6.24. The summed E-state index contributed by atoms with van der Waals surface area (Å²) in [6, 6.07) is 20.0. The Hall–Kier alpha value is -3.06. The summed E-state index contributed by atoms with van der Waals surface area (Å²) in [5, 5.41) is 13.0. The summed E-state index contributed by atoms with van der Waals surface area (Å²) in [5.74, 6) is -0.712. The summed E-state index contributed by atoms with van der Waals surface area (Å²) < 4.78 is 6.17. The summed E-state index contributed by atoms with van der Waals surface area (Å²) in [6.45, 7) is 1.95. The molecule has 0 fully saturated rings. The lowest BCUT2D eigenvalue weighted by atomic mass is 10.0. The zero-order valence-corrected chi connectivity index (χ0v) is 21.4. The molecule has 0 aliphatic carbocycles. The average Bonchev–Trinajstić information content (AvgIpc) is 3.34. The van der Waals surface area contributed by atoms with Gasteiger partial charge in [0.05, 0.1) is 24.1 Å². The van der Waals surface area contributed by atoms with E-state index in [4.69, 9.17) is 4.74 Å². The number of thioether (sulfide) groups is 1. The minimum atomic E-state index is -0.826. The van der Waals surface area contributed by atoms with Crippen LogP contribution >= 0.6 is 39.0 Å². The van der Waals surface area contributed by atoms with Crippen molar-refractivity contribution in [3.63, 3.8) is 0 Å². The number of thiazole rings is 1. The van der Waals surface area contributed by atoms with Gasteiger partial charge < -0.3 is 4.74 Å². The lowest BCUT2D eigenvalue weighted by Crippen LogP contribution is -2.14. The van der Waals surface area contributed by atoms with Gasteiger partial charge in [-0.05, 0) is 24.6 Å². The zero-order valence-electron chi connectivity index (χ0n) is 18.1. The number of carbonyl (C=O) groups excluding carboxylic acids is 1. The highest BCUT2D eigenvalue weighted by Crippen LogP contribution is 2.33. The number of nitrogens with zero attached hydrogens (tertiary/aromatic N) is 4. The Morgan fingerprint density at radius 3 is 2.65 bits per heavy atom. The fraction of sp³-hybridized carbons (Fsp3) is 0.160. The Labute approximate surface area is 214 Å². The quantitative estimate of drug-likeness (QED) is 0.141. The smallest absolute Gasteiger partial charge is 0.341 e. The molecule has 0 bridgehead atoms. The van der Waals surface area contributed by atoms with Crippen LogP contribution in [0.15, 0.2) is 75.8 Å². The molecule has 0 radical (unpaired) electrons. The van der Waals surface area contributed by atoms with Gasteiger partial charge in [0.2, 0.25) is 0 Å². The van der Waals surface area contributed by atoms with Crippen molar-refractivity contribution < 1.29 is 9.53 Å². The maximum Gasteiger partial charge on any atom is 0.341 e. The molecule has 0 aliphatic heterocycles. The second-order valence-corrected chi connectivity index (χ2v) is 9.83. The van der Waals surface area contributed by atoms with Crippen molar-refractivity contribution in [2.75, 3.05) is 6.61 Å². The third-order valence-corrected chi connectivity index (χ3v) is 7.18.